The first-order chi connectivity index (χ1) is 2.00. The van der Waals surface area contributed by atoms with Crippen LogP contribution in [0.25, 0.3) is 0 Å². The summed E-state index contributed by atoms with van der Waals surface area (Å²) in [6, 6.07) is 0. The van der Waals surface area contributed by atoms with Crippen molar-refractivity contribution in [1.29, 1.82) is 5.59 Å². The van der Waals surface area contributed by atoms with E-state index < -0.39 is 0 Å². The van der Waals surface area contributed by atoms with Gasteiger partial charge in [-0.05, 0) is 0 Å². The van der Waals surface area contributed by atoms with Gasteiger partial charge in [0.1, 0.15) is 0 Å². The van der Waals surface area contributed by atoms with Crippen molar-refractivity contribution in [2.24, 2.45) is 0 Å². The lowest BCUT2D eigenvalue weighted by molar-refractivity contribution is 0.702. The summed E-state index contributed by atoms with van der Waals surface area (Å²) in [6.07, 6.45) is 0. The fourth-order valence-corrected chi connectivity index (χ4v) is 0. The third-order valence-electron chi connectivity index (χ3n) is 0. The monoisotopic (exact) mass is 79.0 g/mol. The molecule has 0 bridgehead atoms. The van der Waals surface area contributed by atoms with Gasteiger partial charge < -0.3 is 0 Å². The first-order valence-electron chi connectivity index (χ1n) is 0.371. The first-order valence-corrected chi connectivity index (χ1v) is 0.704. The summed E-state index contributed by atoms with van der Waals surface area (Å²) >= 11 is 2.83. The second-order valence-corrected chi connectivity index (χ2v) is 0. The van der Waals surface area contributed by atoms with Crippen LogP contribution in [0.2, 0.25) is 0 Å². The van der Waals surface area contributed by atoms with Crippen molar-refractivity contribution >= 4 is 12.5 Å². The third-order valence-corrected chi connectivity index (χ3v) is 0. The topological polar surface area (TPSA) is 58.0 Å². The summed E-state index contributed by atoms with van der Waals surface area (Å²) in [7, 11) is 0. The van der Waals surface area contributed by atoms with E-state index in [0.29, 0.717) is 0 Å². The maximum absolute atomic E-state index is 7.83. The Balaban J connectivity index is 0. The Morgan fingerprint density at radius 2 is 1.25 bits per heavy atom. The Labute approximate surface area is 28.3 Å². The minimum Gasteiger partial charge on any atom is -0.197 e. The molecule has 3 nitrogen and oxygen atoms in total. The Bertz CT molecular complexity index is 8.00. The van der Waals surface area contributed by atoms with Crippen LogP contribution in [0.3, 0.4) is 0 Å². The molecule has 0 unspecified atom stereocenters. The predicted octanol–water partition coefficient (Wildman–Crippen LogP) is -0.00473. The largest absolute Gasteiger partial charge is 0.197 e. The molecule has 0 spiro atoms. The molecule has 0 aromatic heterocycles. The molecular weight excluding hydrogens is 78.1 g/mol. The second-order valence-electron chi connectivity index (χ2n) is 0. The molecule has 0 aliphatic rings. The summed E-state index contributed by atoms with van der Waals surface area (Å²) in [5, 5.41) is 0. The van der Waals surface area contributed by atoms with Crippen LogP contribution in [0.15, 0.2) is 0 Å². The van der Waals surface area contributed by atoms with Gasteiger partial charge in [-0.25, -0.2) is 0 Å². The Kier molecular flexibility index (Phi) is 113. The van der Waals surface area contributed by atoms with Crippen molar-refractivity contribution in [3.8, 4) is 0 Å². The normalized spacial score (nSPS) is 2.00. The van der Waals surface area contributed by atoms with Gasteiger partial charge in [-0.1, -0.05) is 5.59 Å². The van der Waals surface area contributed by atoms with E-state index in [1.54, 1.807) is 0 Å². The van der Waals surface area contributed by atoms with Crippen LogP contribution in [0.4, 0.5) is 0 Å². The molecular formula is HNO2S. The van der Waals surface area contributed by atoms with E-state index in [1.807, 2.05) is 0 Å². The van der Waals surface area contributed by atoms with E-state index in [-0.39, 0.29) is 0 Å². The van der Waals surface area contributed by atoms with Crippen molar-refractivity contribution in [3.63, 3.8) is 0 Å². The summed E-state index contributed by atoms with van der Waals surface area (Å²) in [4.78, 5) is 7.50. The average Bonchev–Trinajstić information content (AvgIpc) is 1.50. The van der Waals surface area contributed by atoms with Gasteiger partial charge in [-0.15, -0.1) is 0 Å². The lowest BCUT2D eigenvalue weighted by Crippen LogP contribution is -0.894. The zero-order valence-electron chi connectivity index (χ0n) is 1.72. The highest BCUT2D eigenvalue weighted by Gasteiger charge is 0.734. The maximum atomic E-state index is 7.83. The molecule has 0 aliphatic carbocycles. The van der Waals surface area contributed by atoms with Crippen molar-refractivity contribution in [3.05, 3.63) is 4.91 Å². The lowest BCUT2D eigenvalue weighted by Gasteiger charge is -0.827. The summed E-state index contributed by atoms with van der Waals surface area (Å²) in [6.45, 7) is 0. The molecule has 0 heterocycles. The number of rotatable bonds is 0. The van der Waals surface area contributed by atoms with Crippen molar-refractivity contribution in [2.45, 2.75) is 0 Å². The molecule has 0 fully saturated rings. The Morgan fingerprint density at radius 3 is 1.25 bits per heavy atom. The molecule has 0 rings (SSSR count). The molecule has 0 aromatic carbocycles. The highest BCUT2D eigenvalue weighted by atomic mass is 32.1. The van der Waals surface area contributed by atoms with E-state index in [1.165, 1.54) is 0 Å². The summed E-state index contributed by atoms with van der Waals surface area (Å²) in [5.74, 6) is 0. The minimum absolute atomic E-state index is 2.83. The second kappa shape index (κ2) is 47.6. The van der Waals surface area contributed by atoms with Crippen LogP contribution in [-0.4, -0.2) is 4.21 Å². The zero-order chi connectivity index (χ0) is 4.00. The minimum atomic E-state index is 2.83. The molecule has 0 radical (unpaired) electrons. The maximum Gasteiger partial charge on any atom is 0.197 e. The van der Waals surface area contributed by atoms with Gasteiger partial charge in [-0.3, -0.25) is 0 Å². The van der Waals surface area contributed by atoms with E-state index in [2.05, 4.69) is 18.1 Å². The molecule has 1 N–H and O–H groups in total. The van der Waals surface area contributed by atoms with Crippen LogP contribution >= 0.6 is 0 Å². The van der Waals surface area contributed by atoms with Crippen LogP contribution in [0, 0.1) is 10.5 Å². The van der Waals surface area contributed by atoms with Crippen LogP contribution in [0.1, 0.15) is 0 Å². The summed E-state index contributed by atoms with van der Waals surface area (Å²) in [5.41, 5.74) is 4.50. The van der Waals surface area contributed by atoms with Gasteiger partial charge in [-0.2, -0.15) is 9.12 Å². The number of hydrogen-bond donors (Lipinski definition) is 1. The van der Waals surface area contributed by atoms with E-state index in [4.69, 9.17) is 9.12 Å². The van der Waals surface area contributed by atoms with E-state index >= 15 is 0 Å². The number of nitroso groups, excluding NO2 is 1. The molecule has 24 valence electrons. The van der Waals surface area contributed by atoms with Crippen molar-refractivity contribution in [1.82, 2.24) is 0 Å². The van der Waals surface area contributed by atoms with Crippen molar-refractivity contribution in [2.75, 3.05) is 0 Å². The molecule has 4 heteroatoms. The van der Waals surface area contributed by atoms with E-state index in [9.17, 15) is 0 Å². The van der Waals surface area contributed by atoms with Crippen LogP contribution in [0.5, 0.6) is 0 Å². The average molecular weight is 79.1 g/mol. The molecule has 0 aliphatic heterocycles. The molecule has 4 heavy (non-hydrogen) atoms. The SMILES string of the molecule is N=O.O=S. The highest BCUT2D eigenvalue weighted by molar-refractivity contribution is 7.44. The quantitative estimate of drug-likeness (QED) is 0.415. The third kappa shape index (κ3) is 4.31. The molecule has 0 saturated carbocycles. The van der Waals surface area contributed by atoms with Gasteiger partial charge in [0.2, 0.25) is 0 Å². The van der Waals surface area contributed by atoms with Gasteiger partial charge in [0.15, 0.2) is 12.5 Å². The molecule has 0 atom stereocenters. The summed E-state index contributed by atoms with van der Waals surface area (Å²) < 4.78 is 7.83. The highest BCUT2D eigenvalue weighted by Crippen LogP contribution is 0.766. The van der Waals surface area contributed by atoms with Crippen molar-refractivity contribution < 1.29 is 4.21 Å². The van der Waals surface area contributed by atoms with Gasteiger partial charge >= 0.3 is 0 Å². The van der Waals surface area contributed by atoms with Crippen LogP contribution < -0.4 is 0 Å². The fourth-order valence-electron chi connectivity index (χ4n) is 0. The Hall–Kier alpha value is -0.380. The molecule has 0 saturated heterocycles. The van der Waals surface area contributed by atoms with Gasteiger partial charge in [0, 0.05) is 0 Å². The zero-order valence-corrected chi connectivity index (χ0v) is 2.54. The molecule has 0 aromatic rings. The Morgan fingerprint density at radius 1 is 1.25 bits per heavy atom. The smallest absolute Gasteiger partial charge is 0.197 e. The van der Waals surface area contributed by atoms with Gasteiger partial charge in [0.25, 0.3) is 0 Å². The van der Waals surface area contributed by atoms with Crippen LogP contribution in [-0.2, 0) is 12.5 Å². The fraction of sp³-hybridized carbons (Fsp3) is 0. The molecule has 0 amide bonds. The number of nitrogens with one attached hydrogen (secondary N) is 1. The predicted molar refractivity (Wildman–Crippen MR) is 14.2 cm³/mol. The lowest BCUT2D eigenvalue weighted by atomic mass is 13.8. The first kappa shape index (κ1) is 9.47. The standard InChI is InChI=1S/HNO.OS/c2*1-2/h1H;. The van der Waals surface area contributed by atoms with Gasteiger partial charge in [0.05, 0.1) is 0 Å². The van der Waals surface area contributed by atoms with E-state index in [0.717, 1.165) is 0 Å². The number of hydrogen-bond acceptors (Lipinski definition) is 4.